The predicted molar refractivity (Wildman–Crippen MR) is 102 cm³/mol. The lowest BCUT2D eigenvalue weighted by Gasteiger charge is -2.33. The van der Waals surface area contributed by atoms with E-state index in [9.17, 15) is 22.0 Å². The lowest BCUT2D eigenvalue weighted by molar-refractivity contribution is -0.127. The Morgan fingerprint density at radius 3 is 2.29 bits per heavy atom. The van der Waals surface area contributed by atoms with Crippen LogP contribution in [-0.4, -0.2) is 49.7 Å². The molecule has 0 spiro atoms. The van der Waals surface area contributed by atoms with Crippen LogP contribution in [0.1, 0.15) is 11.1 Å². The molecule has 0 aromatic heterocycles. The van der Waals surface area contributed by atoms with Crippen molar-refractivity contribution in [2.75, 3.05) is 26.2 Å². The van der Waals surface area contributed by atoms with E-state index >= 15 is 0 Å². The average molecular weight is 406 g/mol. The minimum Gasteiger partial charge on any atom is -0.337 e. The molecule has 5 nitrogen and oxygen atoms in total. The van der Waals surface area contributed by atoms with E-state index < -0.39 is 26.6 Å². The van der Waals surface area contributed by atoms with Crippen LogP contribution in [0.5, 0.6) is 0 Å². The zero-order valence-electron chi connectivity index (χ0n) is 15.3. The maximum Gasteiger partial charge on any atom is 0.246 e. The SMILES string of the molecule is Cc1ccc(/C=C/C(=O)N2CCN(S(=O)(=O)c3cc(F)ccc3F)CC2)cc1. The van der Waals surface area contributed by atoms with Gasteiger partial charge in [0.1, 0.15) is 16.5 Å². The third-order valence-corrected chi connectivity index (χ3v) is 6.47. The average Bonchev–Trinajstić information content (AvgIpc) is 2.69. The van der Waals surface area contributed by atoms with Crippen LogP contribution < -0.4 is 0 Å². The summed E-state index contributed by atoms with van der Waals surface area (Å²) in [7, 11) is -4.16. The molecule has 0 saturated carbocycles. The van der Waals surface area contributed by atoms with E-state index in [1.165, 1.54) is 11.0 Å². The topological polar surface area (TPSA) is 57.7 Å². The maximum absolute atomic E-state index is 13.9. The van der Waals surface area contributed by atoms with Gasteiger partial charge in [-0.1, -0.05) is 29.8 Å². The van der Waals surface area contributed by atoms with E-state index in [4.69, 9.17) is 0 Å². The second kappa shape index (κ2) is 8.20. The van der Waals surface area contributed by atoms with Gasteiger partial charge in [-0.05, 0) is 36.8 Å². The first-order chi connectivity index (χ1) is 13.3. The van der Waals surface area contributed by atoms with Crippen LogP contribution in [0.4, 0.5) is 8.78 Å². The number of amides is 1. The summed E-state index contributed by atoms with van der Waals surface area (Å²) in [4.78, 5) is 13.2. The van der Waals surface area contributed by atoms with Gasteiger partial charge in [-0.2, -0.15) is 4.31 Å². The van der Waals surface area contributed by atoms with Crippen molar-refractivity contribution in [3.05, 3.63) is 71.3 Å². The zero-order chi connectivity index (χ0) is 20.3. The van der Waals surface area contributed by atoms with Gasteiger partial charge in [-0.25, -0.2) is 17.2 Å². The summed E-state index contributed by atoms with van der Waals surface area (Å²) in [5.74, 6) is -2.05. The van der Waals surface area contributed by atoms with Crippen molar-refractivity contribution in [1.29, 1.82) is 0 Å². The van der Waals surface area contributed by atoms with Gasteiger partial charge < -0.3 is 4.90 Å². The molecule has 0 N–H and O–H groups in total. The molecule has 3 rings (SSSR count). The molecule has 1 fully saturated rings. The summed E-state index contributed by atoms with van der Waals surface area (Å²) in [5.41, 5.74) is 2.01. The number of sulfonamides is 1. The number of halogens is 2. The molecule has 1 aliphatic heterocycles. The summed E-state index contributed by atoms with van der Waals surface area (Å²) in [6.07, 6.45) is 3.15. The molecular formula is C20H20F2N2O3S. The van der Waals surface area contributed by atoms with Crippen molar-refractivity contribution in [2.45, 2.75) is 11.8 Å². The second-order valence-electron chi connectivity index (χ2n) is 6.55. The normalized spacial score (nSPS) is 15.9. The van der Waals surface area contributed by atoms with E-state index in [1.54, 1.807) is 6.08 Å². The molecule has 1 saturated heterocycles. The Kier molecular flexibility index (Phi) is 5.90. The summed E-state index contributed by atoms with van der Waals surface area (Å²) >= 11 is 0. The monoisotopic (exact) mass is 406 g/mol. The summed E-state index contributed by atoms with van der Waals surface area (Å²) in [6, 6.07) is 10.0. The molecule has 2 aromatic carbocycles. The van der Waals surface area contributed by atoms with E-state index in [-0.39, 0.29) is 32.1 Å². The van der Waals surface area contributed by atoms with Gasteiger partial charge in [-0.3, -0.25) is 4.79 Å². The predicted octanol–water partition coefficient (Wildman–Crippen LogP) is 2.82. The number of hydrogen-bond donors (Lipinski definition) is 0. The Bertz CT molecular complexity index is 997. The Balaban J connectivity index is 1.64. The Hall–Kier alpha value is -2.58. The molecule has 0 radical (unpaired) electrons. The lowest BCUT2D eigenvalue weighted by Crippen LogP contribution is -2.50. The smallest absolute Gasteiger partial charge is 0.246 e. The molecule has 1 amide bonds. The van der Waals surface area contributed by atoms with E-state index in [2.05, 4.69) is 0 Å². The van der Waals surface area contributed by atoms with Crippen molar-refractivity contribution in [3.8, 4) is 0 Å². The number of rotatable bonds is 4. The van der Waals surface area contributed by atoms with Crippen molar-refractivity contribution in [1.82, 2.24) is 9.21 Å². The summed E-state index contributed by atoms with van der Waals surface area (Å²) < 4.78 is 53.4. The van der Waals surface area contributed by atoms with Crippen LogP contribution in [0.15, 0.2) is 53.4 Å². The second-order valence-corrected chi connectivity index (χ2v) is 8.45. The molecule has 2 aromatic rings. The number of carbonyl (C=O) groups is 1. The first-order valence-electron chi connectivity index (χ1n) is 8.76. The maximum atomic E-state index is 13.9. The number of aryl methyl sites for hydroxylation is 1. The molecule has 1 heterocycles. The van der Waals surface area contributed by atoms with Crippen molar-refractivity contribution >= 4 is 22.0 Å². The van der Waals surface area contributed by atoms with E-state index in [0.29, 0.717) is 6.07 Å². The summed E-state index contributed by atoms with van der Waals surface area (Å²) in [6.45, 7) is 2.35. The van der Waals surface area contributed by atoms with E-state index in [1.807, 2.05) is 31.2 Å². The fraction of sp³-hybridized carbons (Fsp3) is 0.250. The Morgan fingerprint density at radius 1 is 1.00 bits per heavy atom. The molecule has 148 valence electrons. The minimum atomic E-state index is -4.16. The highest BCUT2D eigenvalue weighted by Crippen LogP contribution is 2.21. The largest absolute Gasteiger partial charge is 0.337 e. The van der Waals surface area contributed by atoms with Gasteiger partial charge in [0, 0.05) is 32.3 Å². The van der Waals surface area contributed by atoms with Crippen LogP contribution in [0.2, 0.25) is 0 Å². The molecule has 0 unspecified atom stereocenters. The molecule has 1 aliphatic rings. The quantitative estimate of drug-likeness (QED) is 0.734. The van der Waals surface area contributed by atoms with Crippen molar-refractivity contribution < 1.29 is 22.0 Å². The number of hydrogen-bond acceptors (Lipinski definition) is 3. The highest BCUT2D eigenvalue weighted by atomic mass is 32.2. The first-order valence-corrected chi connectivity index (χ1v) is 10.2. The van der Waals surface area contributed by atoms with Gasteiger partial charge in [0.2, 0.25) is 15.9 Å². The highest BCUT2D eigenvalue weighted by Gasteiger charge is 2.31. The lowest BCUT2D eigenvalue weighted by atomic mass is 10.1. The fourth-order valence-corrected chi connectivity index (χ4v) is 4.41. The number of benzene rings is 2. The zero-order valence-corrected chi connectivity index (χ0v) is 16.1. The third-order valence-electron chi connectivity index (χ3n) is 4.56. The van der Waals surface area contributed by atoms with Gasteiger partial charge in [0.25, 0.3) is 0 Å². The van der Waals surface area contributed by atoms with Crippen molar-refractivity contribution in [3.63, 3.8) is 0 Å². The van der Waals surface area contributed by atoms with Crippen LogP contribution >= 0.6 is 0 Å². The molecule has 0 aliphatic carbocycles. The highest BCUT2D eigenvalue weighted by molar-refractivity contribution is 7.89. The first kappa shape index (κ1) is 20.2. The molecule has 0 bridgehead atoms. The van der Waals surface area contributed by atoms with Gasteiger partial charge in [-0.15, -0.1) is 0 Å². The molecule has 0 atom stereocenters. The Labute approximate surface area is 162 Å². The van der Waals surface area contributed by atoms with Gasteiger partial charge in [0.15, 0.2) is 0 Å². The molecule has 8 heteroatoms. The van der Waals surface area contributed by atoms with E-state index in [0.717, 1.165) is 27.6 Å². The standard InChI is InChI=1S/C20H20F2N2O3S/c1-15-2-4-16(5-3-15)6-9-20(25)23-10-12-24(13-11-23)28(26,27)19-14-17(21)7-8-18(19)22/h2-9,14H,10-13H2,1H3/b9-6+. The van der Waals surface area contributed by atoms with Crippen LogP contribution in [0, 0.1) is 18.6 Å². The van der Waals surface area contributed by atoms with Gasteiger partial charge >= 0.3 is 0 Å². The van der Waals surface area contributed by atoms with Crippen LogP contribution in [-0.2, 0) is 14.8 Å². The van der Waals surface area contributed by atoms with Crippen LogP contribution in [0.25, 0.3) is 6.08 Å². The van der Waals surface area contributed by atoms with Crippen molar-refractivity contribution in [2.24, 2.45) is 0 Å². The van der Waals surface area contributed by atoms with Crippen LogP contribution in [0.3, 0.4) is 0 Å². The molecular weight excluding hydrogens is 386 g/mol. The van der Waals surface area contributed by atoms with Gasteiger partial charge in [0.05, 0.1) is 0 Å². The minimum absolute atomic E-state index is 0.0163. The summed E-state index contributed by atoms with van der Waals surface area (Å²) in [5, 5.41) is 0. The number of piperazine rings is 1. The fourth-order valence-electron chi connectivity index (χ4n) is 2.91. The third kappa shape index (κ3) is 4.45. The molecule has 28 heavy (non-hydrogen) atoms. The Morgan fingerprint density at radius 2 is 1.64 bits per heavy atom. The number of nitrogens with zero attached hydrogens (tertiary/aromatic N) is 2. The number of carbonyl (C=O) groups excluding carboxylic acids is 1.